The molecule has 0 aromatic carbocycles. The molecule has 0 unspecified atom stereocenters. The van der Waals surface area contributed by atoms with Crippen molar-refractivity contribution in [3.8, 4) is 5.69 Å². The summed E-state index contributed by atoms with van der Waals surface area (Å²) in [6, 6.07) is 9.78. The average molecular weight is 237 g/mol. The SMILES string of the molecule is c1cc[n+]2cn(-c3ccc4ncnn4c3)nc2c1. The molecule has 0 radical (unpaired) electrons. The van der Waals surface area contributed by atoms with Gasteiger partial charge in [0.15, 0.2) is 11.3 Å². The van der Waals surface area contributed by atoms with E-state index in [-0.39, 0.29) is 0 Å². The van der Waals surface area contributed by atoms with Crippen LogP contribution < -0.4 is 4.40 Å². The van der Waals surface area contributed by atoms with Crippen LogP contribution in [-0.2, 0) is 0 Å². The fourth-order valence-corrected chi connectivity index (χ4v) is 1.95. The molecule has 4 aromatic rings. The second-order valence-electron chi connectivity index (χ2n) is 3.98. The van der Waals surface area contributed by atoms with Crippen molar-refractivity contribution in [1.29, 1.82) is 0 Å². The van der Waals surface area contributed by atoms with E-state index in [9.17, 15) is 0 Å². The number of fused-ring (bicyclic) bond motifs is 2. The first-order valence-corrected chi connectivity index (χ1v) is 5.56. The van der Waals surface area contributed by atoms with Gasteiger partial charge in [-0.1, -0.05) is 10.7 Å². The van der Waals surface area contributed by atoms with E-state index in [0.717, 1.165) is 17.0 Å². The number of nitrogens with zero attached hydrogens (tertiary/aromatic N) is 6. The number of pyridine rings is 2. The van der Waals surface area contributed by atoms with E-state index in [1.54, 1.807) is 4.52 Å². The van der Waals surface area contributed by atoms with Crippen molar-refractivity contribution < 1.29 is 4.40 Å². The highest BCUT2D eigenvalue weighted by atomic mass is 15.4. The maximum absolute atomic E-state index is 4.49. The Kier molecular flexibility index (Phi) is 1.74. The van der Waals surface area contributed by atoms with Gasteiger partial charge in [0.2, 0.25) is 6.33 Å². The highest BCUT2D eigenvalue weighted by molar-refractivity contribution is 5.42. The first-order chi connectivity index (χ1) is 8.90. The molecule has 18 heavy (non-hydrogen) atoms. The van der Waals surface area contributed by atoms with Crippen molar-refractivity contribution in [3.63, 3.8) is 0 Å². The van der Waals surface area contributed by atoms with Crippen molar-refractivity contribution >= 4 is 11.3 Å². The van der Waals surface area contributed by atoms with Crippen LogP contribution in [0.4, 0.5) is 0 Å². The van der Waals surface area contributed by atoms with E-state index in [4.69, 9.17) is 0 Å². The summed E-state index contributed by atoms with van der Waals surface area (Å²) in [7, 11) is 0. The molecule has 4 aromatic heterocycles. The Morgan fingerprint density at radius 3 is 3.06 bits per heavy atom. The average Bonchev–Trinajstić information content (AvgIpc) is 3.04. The van der Waals surface area contributed by atoms with Gasteiger partial charge in [-0.25, -0.2) is 13.9 Å². The summed E-state index contributed by atoms with van der Waals surface area (Å²) in [5, 5.41) is 8.61. The molecule has 0 aliphatic carbocycles. The summed E-state index contributed by atoms with van der Waals surface area (Å²) in [5.41, 5.74) is 2.66. The minimum atomic E-state index is 0.822. The summed E-state index contributed by atoms with van der Waals surface area (Å²) in [5.74, 6) is 0. The number of aromatic nitrogens is 6. The van der Waals surface area contributed by atoms with Crippen LogP contribution in [-0.4, -0.2) is 24.4 Å². The van der Waals surface area contributed by atoms with Crippen molar-refractivity contribution in [1.82, 2.24) is 24.4 Å². The highest BCUT2D eigenvalue weighted by Gasteiger charge is 2.11. The maximum atomic E-state index is 4.49. The Hall–Kier alpha value is -2.76. The molecule has 0 fully saturated rings. The van der Waals surface area contributed by atoms with Crippen LogP contribution in [0, 0.1) is 0 Å². The molecule has 0 aliphatic heterocycles. The molecule has 0 spiro atoms. The van der Waals surface area contributed by atoms with Gasteiger partial charge in [0.25, 0.3) is 0 Å². The molecule has 4 rings (SSSR count). The number of hydrogen-bond acceptors (Lipinski definition) is 3. The fraction of sp³-hybridized carbons (Fsp3) is 0. The molecule has 0 N–H and O–H groups in total. The third-order valence-corrected chi connectivity index (χ3v) is 2.83. The van der Waals surface area contributed by atoms with Gasteiger partial charge in [-0.05, 0) is 18.2 Å². The first-order valence-electron chi connectivity index (χ1n) is 5.56. The van der Waals surface area contributed by atoms with E-state index < -0.39 is 0 Å². The lowest BCUT2D eigenvalue weighted by atomic mass is 10.4. The number of hydrogen-bond donors (Lipinski definition) is 0. The molecule has 0 saturated heterocycles. The minimum absolute atomic E-state index is 0.822. The molecule has 6 nitrogen and oxygen atoms in total. The standard InChI is InChI=1S/C12H9N6/c1-2-6-16-9-18(15-12(16)3-1)10-4-5-11-13-8-14-17(11)7-10/h1-9H/q+1. The van der Waals surface area contributed by atoms with E-state index in [0.29, 0.717) is 0 Å². The van der Waals surface area contributed by atoms with Crippen LogP contribution in [0.2, 0.25) is 0 Å². The highest BCUT2D eigenvalue weighted by Crippen LogP contribution is 2.07. The smallest absolute Gasteiger partial charge is 0.218 e. The lowest BCUT2D eigenvalue weighted by Gasteiger charge is -1.93. The van der Waals surface area contributed by atoms with Gasteiger partial charge in [0.05, 0.1) is 17.5 Å². The van der Waals surface area contributed by atoms with Crippen LogP contribution in [0.25, 0.3) is 17.0 Å². The Bertz CT molecular complexity index is 811. The molecule has 0 aliphatic rings. The normalized spacial score (nSPS) is 11.3. The van der Waals surface area contributed by atoms with Gasteiger partial charge >= 0.3 is 5.65 Å². The van der Waals surface area contributed by atoms with Crippen molar-refractivity contribution in [3.05, 3.63) is 55.4 Å². The van der Waals surface area contributed by atoms with Crippen molar-refractivity contribution in [2.75, 3.05) is 0 Å². The lowest BCUT2D eigenvalue weighted by Crippen LogP contribution is -2.16. The van der Waals surface area contributed by atoms with Gasteiger partial charge in [-0.2, -0.15) is 5.10 Å². The largest absolute Gasteiger partial charge is 0.306 e. The summed E-state index contributed by atoms with van der Waals surface area (Å²) >= 11 is 0. The molecular weight excluding hydrogens is 228 g/mol. The molecule has 4 heterocycles. The third-order valence-electron chi connectivity index (χ3n) is 2.83. The lowest BCUT2D eigenvalue weighted by molar-refractivity contribution is -0.512. The maximum Gasteiger partial charge on any atom is 0.306 e. The van der Waals surface area contributed by atoms with Crippen LogP contribution in [0.1, 0.15) is 0 Å². The molecular formula is C12H9N6+. The molecule has 86 valence electrons. The molecule has 0 atom stereocenters. The van der Waals surface area contributed by atoms with Gasteiger partial charge in [0.1, 0.15) is 6.33 Å². The zero-order valence-corrected chi connectivity index (χ0v) is 9.38. The molecule has 6 heteroatoms. The predicted molar refractivity (Wildman–Crippen MR) is 63.3 cm³/mol. The van der Waals surface area contributed by atoms with E-state index in [1.165, 1.54) is 6.33 Å². The molecule has 0 bridgehead atoms. The van der Waals surface area contributed by atoms with Gasteiger partial charge in [-0.3, -0.25) is 0 Å². The zero-order chi connectivity index (χ0) is 11.9. The minimum Gasteiger partial charge on any atom is -0.218 e. The predicted octanol–water partition coefficient (Wildman–Crippen LogP) is 0.654. The summed E-state index contributed by atoms with van der Waals surface area (Å²) in [4.78, 5) is 4.11. The summed E-state index contributed by atoms with van der Waals surface area (Å²) < 4.78 is 5.51. The van der Waals surface area contributed by atoms with E-state index in [1.807, 2.05) is 58.1 Å². The van der Waals surface area contributed by atoms with Gasteiger partial charge < -0.3 is 0 Å². The fourth-order valence-electron chi connectivity index (χ4n) is 1.95. The second kappa shape index (κ2) is 3.36. The Morgan fingerprint density at radius 2 is 2.11 bits per heavy atom. The third kappa shape index (κ3) is 1.29. The van der Waals surface area contributed by atoms with Crippen LogP contribution >= 0.6 is 0 Å². The quantitative estimate of drug-likeness (QED) is 0.457. The van der Waals surface area contributed by atoms with Crippen molar-refractivity contribution in [2.45, 2.75) is 0 Å². The van der Waals surface area contributed by atoms with Gasteiger partial charge in [-0.15, -0.1) is 0 Å². The number of rotatable bonds is 1. The first kappa shape index (κ1) is 9.29. The molecule has 0 amide bonds. The van der Waals surface area contributed by atoms with Gasteiger partial charge in [0, 0.05) is 6.07 Å². The van der Waals surface area contributed by atoms with E-state index >= 15 is 0 Å². The summed E-state index contributed by atoms with van der Waals surface area (Å²) in [6.07, 6.45) is 7.32. The Labute approximate surface area is 102 Å². The van der Waals surface area contributed by atoms with Crippen molar-refractivity contribution in [2.24, 2.45) is 0 Å². The Morgan fingerprint density at radius 1 is 1.11 bits per heavy atom. The van der Waals surface area contributed by atoms with Crippen LogP contribution in [0.5, 0.6) is 0 Å². The molecule has 0 saturated carbocycles. The monoisotopic (exact) mass is 237 g/mol. The van der Waals surface area contributed by atoms with Crippen LogP contribution in [0.3, 0.4) is 0 Å². The zero-order valence-electron chi connectivity index (χ0n) is 9.38. The Balaban J connectivity index is 1.94. The van der Waals surface area contributed by atoms with Crippen LogP contribution in [0.15, 0.2) is 55.4 Å². The second-order valence-corrected chi connectivity index (χ2v) is 3.98. The summed E-state index contributed by atoms with van der Waals surface area (Å²) in [6.45, 7) is 0. The topological polar surface area (TPSA) is 52.1 Å². The van der Waals surface area contributed by atoms with E-state index in [2.05, 4.69) is 15.2 Å².